The van der Waals surface area contributed by atoms with Crippen molar-refractivity contribution < 1.29 is 14.3 Å². The second kappa shape index (κ2) is 9.86. The third-order valence-electron chi connectivity index (χ3n) is 4.26. The van der Waals surface area contributed by atoms with Crippen LogP contribution in [0.5, 0.6) is 5.88 Å². The Balaban J connectivity index is 1.66. The van der Waals surface area contributed by atoms with Gasteiger partial charge in [-0.2, -0.15) is 4.98 Å². The summed E-state index contributed by atoms with van der Waals surface area (Å²) in [5.41, 5.74) is 3.96. The first-order valence-corrected chi connectivity index (χ1v) is 9.44. The number of fused-ring (bicyclic) bond motifs is 1. The van der Waals surface area contributed by atoms with Crippen molar-refractivity contribution in [3.05, 3.63) is 65.2 Å². The molecule has 0 bridgehead atoms. The van der Waals surface area contributed by atoms with Gasteiger partial charge in [-0.05, 0) is 29.1 Å². The number of nitrogens with one attached hydrogen (secondary N) is 2. The lowest BCUT2D eigenvalue weighted by Crippen LogP contribution is -2.43. The fourth-order valence-electron chi connectivity index (χ4n) is 2.81. The van der Waals surface area contributed by atoms with Crippen LogP contribution in [0.15, 0.2) is 54.6 Å². The summed E-state index contributed by atoms with van der Waals surface area (Å²) in [5.74, 6) is 0.644. The molecule has 1 heterocycles. The maximum Gasteiger partial charge on any atom is 0.233 e. The van der Waals surface area contributed by atoms with E-state index in [0.29, 0.717) is 36.2 Å². The Morgan fingerprint density at radius 1 is 1.21 bits per heavy atom. The summed E-state index contributed by atoms with van der Waals surface area (Å²) in [6, 6.07) is 16.8. The molecule has 0 saturated heterocycles. The van der Waals surface area contributed by atoms with E-state index in [0.717, 1.165) is 16.3 Å². The first kappa shape index (κ1) is 20.6. The molecule has 0 aliphatic rings. The van der Waals surface area contributed by atoms with Gasteiger partial charge in [-0.1, -0.05) is 48.0 Å². The topological polar surface area (TPSA) is 83.6 Å². The normalized spacial score (nSPS) is 10.6. The zero-order chi connectivity index (χ0) is 20.6. The summed E-state index contributed by atoms with van der Waals surface area (Å²) < 4.78 is 5.84. The molecule has 3 rings (SSSR count). The van der Waals surface area contributed by atoms with Crippen molar-refractivity contribution in [1.29, 1.82) is 0 Å². The number of aromatic nitrogens is 1. The predicted molar refractivity (Wildman–Crippen MR) is 113 cm³/mol. The van der Waals surface area contributed by atoms with E-state index in [1.54, 1.807) is 12.1 Å². The van der Waals surface area contributed by atoms with Crippen molar-refractivity contribution in [3.63, 3.8) is 0 Å². The molecule has 0 aliphatic heterocycles. The Morgan fingerprint density at radius 2 is 1.97 bits per heavy atom. The maximum absolute atomic E-state index is 12.0. The van der Waals surface area contributed by atoms with E-state index >= 15 is 0 Å². The van der Waals surface area contributed by atoms with Crippen LogP contribution in [0.2, 0.25) is 5.02 Å². The third kappa shape index (κ3) is 5.43. The highest BCUT2D eigenvalue weighted by Crippen LogP contribution is 2.26. The fourth-order valence-corrected chi connectivity index (χ4v) is 3.02. The maximum atomic E-state index is 12.0. The van der Waals surface area contributed by atoms with Gasteiger partial charge in [0, 0.05) is 23.9 Å². The van der Waals surface area contributed by atoms with E-state index in [2.05, 4.69) is 15.7 Å². The molecule has 0 radical (unpaired) electrons. The van der Waals surface area contributed by atoms with Gasteiger partial charge in [-0.25, -0.2) is 5.43 Å². The molecule has 0 atom stereocenters. The molecule has 0 unspecified atom stereocenters. The summed E-state index contributed by atoms with van der Waals surface area (Å²) in [7, 11) is 0. The average molecular weight is 413 g/mol. The predicted octanol–water partition coefficient (Wildman–Crippen LogP) is 3.39. The minimum atomic E-state index is -0.144. The monoisotopic (exact) mass is 412 g/mol. The number of hydrogen-bond donors (Lipinski definition) is 2. The van der Waals surface area contributed by atoms with Crippen molar-refractivity contribution in [2.24, 2.45) is 0 Å². The van der Waals surface area contributed by atoms with E-state index in [4.69, 9.17) is 16.3 Å². The molecule has 2 aromatic carbocycles. The van der Waals surface area contributed by atoms with Crippen molar-refractivity contribution in [1.82, 2.24) is 15.4 Å². The standard InChI is InChI=1S/C21H21ClN4O3/c1-15(28)26(24-13-17-7-3-5-9-19(17)22)10-11-29-21-18-8-4-2-6-16(18)12-20(25-21)23-14-27/h2-9,12,14,24H,10-11,13H2,1H3,(H,23,25,27). The molecule has 0 aliphatic carbocycles. The first-order chi connectivity index (χ1) is 14.1. The molecular weight excluding hydrogens is 392 g/mol. The van der Waals surface area contributed by atoms with Crippen LogP contribution in [0, 0.1) is 0 Å². The molecule has 150 valence electrons. The van der Waals surface area contributed by atoms with E-state index in [1.807, 2.05) is 42.5 Å². The van der Waals surface area contributed by atoms with Gasteiger partial charge in [0.25, 0.3) is 0 Å². The highest BCUT2D eigenvalue weighted by Gasteiger charge is 2.12. The minimum Gasteiger partial charge on any atom is -0.475 e. The van der Waals surface area contributed by atoms with Crippen LogP contribution in [-0.2, 0) is 16.1 Å². The van der Waals surface area contributed by atoms with E-state index in [1.165, 1.54) is 11.9 Å². The fraction of sp³-hybridized carbons (Fsp3) is 0.190. The van der Waals surface area contributed by atoms with Crippen LogP contribution in [-0.4, -0.2) is 35.5 Å². The summed E-state index contributed by atoms with van der Waals surface area (Å²) in [4.78, 5) is 27.0. The second-order valence-electron chi connectivity index (χ2n) is 6.24. The summed E-state index contributed by atoms with van der Waals surface area (Å²) in [5, 5.41) is 6.36. The SMILES string of the molecule is CC(=O)N(CCOc1nc(NC=O)cc2ccccc12)NCc1ccccc1Cl. The van der Waals surface area contributed by atoms with E-state index in [-0.39, 0.29) is 12.5 Å². The largest absolute Gasteiger partial charge is 0.475 e. The highest BCUT2D eigenvalue weighted by atomic mass is 35.5. The summed E-state index contributed by atoms with van der Waals surface area (Å²) >= 11 is 6.16. The van der Waals surface area contributed by atoms with Gasteiger partial charge in [0.05, 0.1) is 6.54 Å². The Kier molecular flexibility index (Phi) is 6.99. The van der Waals surface area contributed by atoms with Crippen LogP contribution in [0.1, 0.15) is 12.5 Å². The van der Waals surface area contributed by atoms with Crippen LogP contribution >= 0.6 is 11.6 Å². The van der Waals surface area contributed by atoms with Crippen molar-refractivity contribution in [3.8, 4) is 5.88 Å². The van der Waals surface area contributed by atoms with Gasteiger partial charge >= 0.3 is 0 Å². The van der Waals surface area contributed by atoms with Crippen LogP contribution < -0.4 is 15.5 Å². The quantitative estimate of drug-likeness (QED) is 0.416. The molecule has 1 aromatic heterocycles. The average Bonchev–Trinajstić information content (AvgIpc) is 2.71. The molecule has 2 N–H and O–H groups in total. The molecule has 0 spiro atoms. The Bertz CT molecular complexity index is 1010. The number of benzene rings is 2. The number of carbonyl (C=O) groups is 2. The number of rotatable bonds is 9. The lowest BCUT2D eigenvalue weighted by Gasteiger charge is -2.22. The Hall–Kier alpha value is -3.16. The molecule has 8 heteroatoms. The number of ether oxygens (including phenoxy) is 1. The van der Waals surface area contributed by atoms with Crippen LogP contribution in [0.25, 0.3) is 10.8 Å². The Labute approximate surface area is 173 Å². The van der Waals surface area contributed by atoms with E-state index in [9.17, 15) is 9.59 Å². The van der Waals surface area contributed by atoms with E-state index < -0.39 is 0 Å². The number of hydrogen-bond acceptors (Lipinski definition) is 5. The smallest absolute Gasteiger partial charge is 0.233 e. The molecule has 0 saturated carbocycles. The van der Waals surface area contributed by atoms with Gasteiger partial charge in [-0.15, -0.1) is 0 Å². The van der Waals surface area contributed by atoms with Gasteiger partial charge < -0.3 is 10.1 Å². The van der Waals surface area contributed by atoms with Gasteiger partial charge in [0.1, 0.15) is 12.4 Å². The third-order valence-corrected chi connectivity index (χ3v) is 4.63. The number of anilines is 1. The lowest BCUT2D eigenvalue weighted by molar-refractivity contribution is -0.132. The van der Waals surface area contributed by atoms with Gasteiger partial charge in [0.15, 0.2) is 0 Å². The molecular formula is C21H21ClN4O3. The Morgan fingerprint density at radius 3 is 2.72 bits per heavy atom. The molecule has 3 aromatic rings. The summed E-state index contributed by atoms with van der Waals surface area (Å²) in [6.07, 6.45) is 0.566. The molecule has 2 amide bonds. The number of amides is 2. The van der Waals surface area contributed by atoms with Gasteiger partial charge in [0.2, 0.25) is 18.2 Å². The molecule has 0 fully saturated rings. The molecule has 7 nitrogen and oxygen atoms in total. The van der Waals surface area contributed by atoms with Crippen molar-refractivity contribution in [2.45, 2.75) is 13.5 Å². The number of nitrogens with zero attached hydrogens (tertiary/aromatic N) is 2. The number of pyridine rings is 1. The number of hydrazine groups is 1. The summed E-state index contributed by atoms with van der Waals surface area (Å²) in [6.45, 7) is 2.42. The highest BCUT2D eigenvalue weighted by molar-refractivity contribution is 6.31. The van der Waals surface area contributed by atoms with Gasteiger partial charge in [-0.3, -0.25) is 14.6 Å². The van der Waals surface area contributed by atoms with Crippen LogP contribution in [0.3, 0.4) is 0 Å². The first-order valence-electron chi connectivity index (χ1n) is 9.06. The zero-order valence-electron chi connectivity index (χ0n) is 15.9. The minimum absolute atomic E-state index is 0.144. The number of halogens is 1. The van der Waals surface area contributed by atoms with Crippen LogP contribution in [0.4, 0.5) is 5.82 Å². The van der Waals surface area contributed by atoms with Crippen molar-refractivity contribution in [2.75, 3.05) is 18.5 Å². The lowest BCUT2D eigenvalue weighted by atomic mass is 10.1. The molecule has 29 heavy (non-hydrogen) atoms. The van der Waals surface area contributed by atoms with Crippen molar-refractivity contribution >= 4 is 40.5 Å². The zero-order valence-corrected chi connectivity index (χ0v) is 16.6. The second-order valence-corrected chi connectivity index (χ2v) is 6.65. The number of carbonyl (C=O) groups excluding carboxylic acids is 2.